The van der Waals surface area contributed by atoms with E-state index < -0.39 is 11.8 Å². The van der Waals surface area contributed by atoms with Gasteiger partial charge in [-0.05, 0) is 18.1 Å². The molecule has 1 rings (SSSR count). The zero-order valence-electron chi connectivity index (χ0n) is 13.5. The average molecular weight is 326 g/mol. The van der Waals surface area contributed by atoms with E-state index in [4.69, 9.17) is 15.3 Å². The Hall–Kier alpha value is -2.69. The normalized spacial score (nSPS) is 13.7. The fraction of sp³-hybridized carbons (Fsp3) is 0.150. The molecule has 4 nitrogen and oxygen atoms in total. The van der Waals surface area contributed by atoms with Crippen LogP contribution in [0.4, 0.5) is 0 Å². The highest BCUT2D eigenvalue weighted by Crippen LogP contribution is 2.15. The number of carbonyl (C=O) groups is 1. The zero-order chi connectivity index (χ0) is 17.8. The van der Waals surface area contributed by atoms with Crippen molar-refractivity contribution in [2.45, 2.75) is 19.1 Å². The van der Waals surface area contributed by atoms with Crippen molar-refractivity contribution in [3.05, 3.63) is 90.6 Å². The molecule has 4 heteroatoms. The summed E-state index contributed by atoms with van der Waals surface area (Å²) in [5, 5.41) is 27.2. The van der Waals surface area contributed by atoms with Crippen molar-refractivity contribution in [2.75, 3.05) is 0 Å². The number of carboxylic acids is 1. The van der Waals surface area contributed by atoms with E-state index in [9.17, 15) is 4.79 Å². The Balaban J connectivity index is 2.61. The largest absolute Gasteiger partial charge is 0.478 e. The summed E-state index contributed by atoms with van der Waals surface area (Å²) in [6.07, 6.45) is 15.3. The van der Waals surface area contributed by atoms with E-state index in [0.29, 0.717) is 5.57 Å². The number of carboxylic acid groups (broad SMARTS) is 1. The van der Waals surface area contributed by atoms with Crippen LogP contribution < -0.4 is 0 Å². The van der Waals surface area contributed by atoms with Gasteiger partial charge in [-0.3, -0.25) is 0 Å². The monoisotopic (exact) mass is 326 g/mol. The molecule has 24 heavy (non-hydrogen) atoms. The first-order valence-corrected chi connectivity index (χ1v) is 7.50. The average Bonchev–Trinajstić information content (AvgIpc) is 2.51. The third-order valence-electron chi connectivity index (χ3n) is 2.86. The maximum Gasteiger partial charge on any atom is 0.328 e. The number of allylic oxidation sites excluding steroid dienone is 8. The van der Waals surface area contributed by atoms with E-state index in [0.717, 1.165) is 5.56 Å². The van der Waals surface area contributed by atoms with Crippen molar-refractivity contribution < 1.29 is 20.1 Å². The molecule has 3 N–H and O–H groups in total. The van der Waals surface area contributed by atoms with Crippen LogP contribution in [0.15, 0.2) is 85.0 Å². The molecule has 0 saturated carbocycles. The van der Waals surface area contributed by atoms with Gasteiger partial charge >= 0.3 is 5.97 Å². The first kappa shape index (κ1) is 19.4. The van der Waals surface area contributed by atoms with Gasteiger partial charge in [-0.2, -0.15) is 0 Å². The molecular weight excluding hydrogens is 304 g/mol. The van der Waals surface area contributed by atoms with Crippen LogP contribution in [-0.4, -0.2) is 27.1 Å². The minimum atomic E-state index is -1.69. The molecular formula is C20H22O4. The number of aliphatic hydroxyl groups is 2. The van der Waals surface area contributed by atoms with E-state index in [1.165, 1.54) is 13.0 Å². The molecule has 0 amide bonds. The number of hydrogen-bond donors (Lipinski definition) is 3. The lowest BCUT2D eigenvalue weighted by Crippen LogP contribution is -2.21. The molecule has 0 aliphatic carbocycles. The molecule has 0 aromatic heterocycles. The molecule has 0 fully saturated rings. The van der Waals surface area contributed by atoms with Crippen molar-refractivity contribution in [3.8, 4) is 0 Å². The Morgan fingerprint density at radius 2 is 1.58 bits per heavy atom. The van der Waals surface area contributed by atoms with E-state index >= 15 is 0 Å². The third kappa shape index (κ3) is 9.35. The van der Waals surface area contributed by atoms with Crippen molar-refractivity contribution in [1.29, 1.82) is 0 Å². The molecule has 0 spiro atoms. The maximum absolute atomic E-state index is 10.9. The Labute approximate surface area is 142 Å². The van der Waals surface area contributed by atoms with Crippen molar-refractivity contribution in [1.82, 2.24) is 0 Å². The molecule has 0 aliphatic heterocycles. The second-order valence-corrected chi connectivity index (χ2v) is 5.28. The molecule has 0 heterocycles. The lowest BCUT2D eigenvalue weighted by molar-refractivity contribution is -0.140. The van der Waals surface area contributed by atoms with Crippen LogP contribution in [0.2, 0.25) is 0 Å². The van der Waals surface area contributed by atoms with Crippen LogP contribution >= 0.6 is 0 Å². The molecule has 0 unspecified atom stereocenters. The Kier molecular flexibility index (Phi) is 8.19. The number of aliphatic carboxylic acids is 1. The lowest BCUT2D eigenvalue weighted by Gasteiger charge is -2.11. The van der Waals surface area contributed by atoms with Crippen LogP contribution in [0.1, 0.15) is 18.9 Å². The summed E-state index contributed by atoms with van der Waals surface area (Å²) < 4.78 is 0. The van der Waals surface area contributed by atoms with Gasteiger partial charge in [0.1, 0.15) is 0 Å². The summed E-state index contributed by atoms with van der Waals surface area (Å²) in [6, 6.07) is 9.29. The summed E-state index contributed by atoms with van der Waals surface area (Å²) in [4.78, 5) is 10.9. The zero-order valence-corrected chi connectivity index (χ0v) is 13.5. The smallest absolute Gasteiger partial charge is 0.328 e. The van der Waals surface area contributed by atoms with E-state index in [2.05, 4.69) is 0 Å². The van der Waals surface area contributed by atoms with Crippen LogP contribution in [0.25, 0.3) is 5.57 Å². The molecule has 0 radical (unpaired) electrons. The number of rotatable bonds is 8. The van der Waals surface area contributed by atoms with Crippen molar-refractivity contribution in [2.24, 2.45) is 0 Å². The first-order valence-electron chi connectivity index (χ1n) is 7.50. The Bertz CT molecular complexity index is 657. The van der Waals surface area contributed by atoms with E-state index in [-0.39, 0.29) is 6.42 Å². The highest BCUT2D eigenvalue weighted by atomic mass is 16.5. The molecule has 0 bridgehead atoms. The predicted molar refractivity (Wildman–Crippen MR) is 96.1 cm³/mol. The van der Waals surface area contributed by atoms with Gasteiger partial charge in [-0.25, -0.2) is 4.79 Å². The minimum Gasteiger partial charge on any atom is -0.478 e. The van der Waals surface area contributed by atoms with E-state index in [1.54, 1.807) is 48.6 Å². The third-order valence-corrected chi connectivity index (χ3v) is 2.86. The fourth-order valence-electron chi connectivity index (χ4n) is 1.78. The van der Waals surface area contributed by atoms with Gasteiger partial charge in [-0.15, -0.1) is 0 Å². The van der Waals surface area contributed by atoms with Crippen LogP contribution in [0.5, 0.6) is 0 Å². The van der Waals surface area contributed by atoms with Gasteiger partial charge in [-0.1, -0.05) is 78.9 Å². The molecule has 1 aromatic rings. The molecule has 126 valence electrons. The highest BCUT2D eigenvalue weighted by molar-refractivity contribution is 5.93. The Morgan fingerprint density at radius 3 is 2.17 bits per heavy atom. The molecule has 0 aliphatic rings. The maximum atomic E-state index is 10.9. The number of hydrogen-bond acceptors (Lipinski definition) is 3. The van der Waals surface area contributed by atoms with Gasteiger partial charge in [0.25, 0.3) is 0 Å². The quantitative estimate of drug-likeness (QED) is 0.388. The van der Waals surface area contributed by atoms with Gasteiger partial charge in [0.2, 0.25) is 0 Å². The minimum absolute atomic E-state index is 0.154. The summed E-state index contributed by atoms with van der Waals surface area (Å²) in [6.45, 7) is 1.32. The predicted octanol–water partition coefficient (Wildman–Crippen LogP) is 3.47. The Morgan fingerprint density at radius 1 is 1.00 bits per heavy atom. The number of benzene rings is 1. The van der Waals surface area contributed by atoms with Gasteiger partial charge < -0.3 is 15.3 Å². The summed E-state index contributed by atoms with van der Waals surface area (Å²) in [5.74, 6) is -2.68. The van der Waals surface area contributed by atoms with Gasteiger partial charge in [0, 0.05) is 12.5 Å². The van der Waals surface area contributed by atoms with Crippen molar-refractivity contribution >= 4 is 11.5 Å². The molecule has 0 saturated heterocycles. The topological polar surface area (TPSA) is 77.8 Å². The van der Waals surface area contributed by atoms with Crippen molar-refractivity contribution in [3.63, 3.8) is 0 Å². The standard InChI is InChI=1S/C20H22O4/c1-20(23,24)15-11-6-4-2-3-5-8-14-18(16-19(21)22)17-12-9-7-10-13-17/h2-14,16,23-24H,15H2,1H3,(H,21,22)/b4-2+,5-3+,11-6+,14-8+,18-16+. The van der Waals surface area contributed by atoms with Crippen LogP contribution in [0, 0.1) is 0 Å². The van der Waals surface area contributed by atoms with Gasteiger partial charge in [0.15, 0.2) is 5.79 Å². The lowest BCUT2D eigenvalue weighted by atomic mass is 10.1. The second kappa shape index (κ2) is 10.2. The van der Waals surface area contributed by atoms with Gasteiger partial charge in [0.05, 0.1) is 0 Å². The SMILES string of the molecule is CC(O)(O)C/C=C/C=C/C=C/C=C/C(=C\C(=O)O)c1ccccc1. The molecule has 0 atom stereocenters. The van der Waals surface area contributed by atoms with Crippen LogP contribution in [-0.2, 0) is 4.79 Å². The highest BCUT2D eigenvalue weighted by Gasteiger charge is 2.10. The fourth-order valence-corrected chi connectivity index (χ4v) is 1.78. The first-order chi connectivity index (χ1) is 11.4. The van der Waals surface area contributed by atoms with E-state index in [1.807, 2.05) is 30.3 Å². The summed E-state index contributed by atoms with van der Waals surface area (Å²) >= 11 is 0. The van der Waals surface area contributed by atoms with Crippen LogP contribution in [0.3, 0.4) is 0 Å². The summed E-state index contributed by atoms with van der Waals surface area (Å²) in [7, 11) is 0. The second-order valence-electron chi connectivity index (χ2n) is 5.28. The molecule has 1 aromatic carbocycles. The summed E-state index contributed by atoms with van der Waals surface area (Å²) in [5.41, 5.74) is 1.45.